The largest absolute Gasteiger partial charge is 0.392 e. The van der Waals surface area contributed by atoms with Crippen LogP contribution in [0, 0.1) is 17.4 Å². The van der Waals surface area contributed by atoms with E-state index in [1.165, 1.54) is 11.1 Å². The molecule has 1 aromatic carbocycles. The quantitative estimate of drug-likeness (QED) is 0.770. The van der Waals surface area contributed by atoms with Crippen LogP contribution in [0.15, 0.2) is 12.1 Å². The fourth-order valence-electron chi connectivity index (χ4n) is 1.15. The predicted molar refractivity (Wildman–Crippen MR) is 54.6 cm³/mol. The Kier molecular flexibility index (Phi) is 2.90. The lowest BCUT2D eigenvalue weighted by molar-refractivity contribution is 0.280. The van der Waals surface area contributed by atoms with Gasteiger partial charge in [0.25, 0.3) is 0 Å². The van der Waals surface area contributed by atoms with Gasteiger partial charge in [0.2, 0.25) is 0 Å². The molecule has 1 nitrogen and oxygen atoms in total. The highest BCUT2D eigenvalue weighted by Gasteiger charge is 2.01. The van der Waals surface area contributed by atoms with Gasteiger partial charge in [-0.25, -0.2) is 0 Å². The van der Waals surface area contributed by atoms with E-state index in [0.717, 1.165) is 9.13 Å². The standard InChI is InChI=1S/C9H11IO/c1-6-3-7(2)8(5-11)9(10)4-6/h3-4,11H,5H2,1-2H3. The summed E-state index contributed by atoms with van der Waals surface area (Å²) in [6.07, 6.45) is 0. The Hall–Kier alpha value is -0.0900. The third-order valence-corrected chi connectivity index (χ3v) is 2.68. The number of aryl methyl sites for hydroxylation is 2. The summed E-state index contributed by atoms with van der Waals surface area (Å²) in [4.78, 5) is 0. The molecule has 0 saturated heterocycles. The highest BCUT2D eigenvalue weighted by molar-refractivity contribution is 14.1. The van der Waals surface area contributed by atoms with Crippen LogP contribution < -0.4 is 0 Å². The highest BCUT2D eigenvalue weighted by atomic mass is 127. The molecule has 0 saturated carbocycles. The molecule has 2 heteroatoms. The van der Waals surface area contributed by atoms with Gasteiger partial charge >= 0.3 is 0 Å². The minimum Gasteiger partial charge on any atom is -0.392 e. The third kappa shape index (κ3) is 1.93. The Balaban J connectivity index is 3.25. The van der Waals surface area contributed by atoms with Crippen molar-refractivity contribution in [3.05, 3.63) is 32.4 Å². The van der Waals surface area contributed by atoms with Gasteiger partial charge < -0.3 is 5.11 Å². The van der Waals surface area contributed by atoms with Gasteiger partial charge in [-0.15, -0.1) is 0 Å². The molecule has 0 aliphatic rings. The van der Waals surface area contributed by atoms with Gasteiger partial charge in [-0.3, -0.25) is 0 Å². The zero-order chi connectivity index (χ0) is 8.43. The average Bonchev–Trinajstić information content (AvgIpc) is 1.85. The van der Waals surface area contributed by atoms with Gasteiger partial charge in [0.15, 0.2) is 0 Å². The van der Waals surface area contributed by atoms with E-state index in [1.54, 1.807) is 0 Å². The van der Waals surface area contributed by atoms with E-state index in [1.807, 2.05) is 6.92 Å². The minimum atomic E-state index is 0.143. The van der Waals surface area contributed by atoms with Crippen molar-refractivity contribution in [1.29, 1.82) is 0 Å². The van der Waals surface area contributed by atoms with E-state index < -0.39 is 0 Å². The topological polar surface area (TPSA) is 20.2 Å². The van der Waals surface area contributed by atoms with E-state index in [2.05, 4.69) is 41.6 Å². The minimum absolute atomic E-state index is 0.143. The van der Waals surface area contributed by atoms with E-state index >= 15 is 0 Å². The van der Waals surface area contributed by atoms with Gasteiger partial charge in [-0.2, -0.15) is 0 Å². The normalized spacial score (nSPS) is 10.2. The number of hydrogen-bond donors (Lipinski definition) is 1. The number of aliphatic hydroxyl groups is 1. The molecule has 1 N–H and O–H groups in total. The van der Waals surface area contributed by atoms with E-state index in [0.29, 0.717) is 0 Å². The van der Waals surface area contributed by atoms with Crippen LogP contribution in [-0.4, -0.2) is 5.11 Å². The van der Waals surface area contributed by atoms with Crippen LogP contribution >= 0.6 is 22.6 Å². The molecular weight excluding hydrogens is 251 g/mol. The molecule has 0 aromatic heterocycles. The molecule has 0 radical (unpaired) electrons. The maximum atomic E-state index is 8.99. The number of hydrogen-bond acceptors (Lipinski definition) is 1. The summed E-state index contributed by atoms with van der Waals surface area (Å²) in [5.41, 5.74) is 3.48. The maximum absolute atomic E-state index is 8.99. The molecule has 0 aliphatic carbocycles. The summed E-state index contributed by atoms with van der Waals surface area (Å²) in [6.45, 7) is 4.24. The van der Waals surface area contributed by atoms with Crippen LogP contribution in [0.25, 0.3) is 0 Å². The van der Waals surface area contributed by atoms with Gasteiger partial charge in [0.05, 0.1) is 6.61 Å². The molecule has 1 aromatic rings. The summed E-state index contributed by atoms with van der Waals surface area (Å²) >= 11 is 2.25. The Morgan fingerprint density at radius 1 is 1.36 bits per heavy atom. The summed E-state index contributed by atoms with van der Waals surface area (Å²) in [6, 6.07) is 4.17. The second-order valence-electron chi connectivity index (χ2n) is 2.70. The van der Waals surface area contributed by atoms with Crippen molar-refractivity contribution in [1.82, 2.24) is 0 Å². The van der Waals surface area contributed by atoms with Gasteiger partial charge in [-0.05, 0) is 59.2 Å². The number of halogens is 1. The Bertz CT molecular complexity index is 245. The van der Waals surface area contributed by atoms with Crippen molar-refractivity contribution in [2.24, 2.45) is 0 Å². The smallest absolute Gasteiger partial charge is 0.0694 e. The third-order valence-electron chi connectivity index (χ3n) is 1.72. The first kappa shape index (κ1) is 9.00. The van der Waals surface area contributed by atoms with E-state index in [9.17, 15) is 0 Å². The van der Waals surface area contributed by atoms with Crippen molar-refractivity contribution in [3.8, 4) is 0 Å². The molecule has 1 rings (SSSR count). The summed E-state index contributed by atoms with van der Waals surface area (Å²) in [5.74, 6) is 0. The first-order chi connectivity index (χ1) is 5.15. The van der Waals surface area contributed by atoms with E-state index in [-0.39, 0.29) is 6.61 Å². The summed E-state index contributed by atoms with van der Waals surface area (Å²) in [5, 5.41) is 8.99. The van der Waals surface area contributed by atoms with Crippen LogP contribution in [0.4, 0.5) is 0 Å². The second-order valence-corrected chi connectivity index (χ2v) is 3.86. The summed E-state index contributed by atoms with van der Waals surface area (Å²) < 4.78 is 1.16. The molecule has 11 heavy (non-hydrogen) atoms. The van der Waals surface area contributed by atoms with Crippen molar-refractivity contribution in [2.75, 3.05) is 0 Å². The van der Waals surface area contributed by atoms with Crippen molar-refractivity contribution in [2.45, 2.75) is 20.5 Å². The molecule has 0 bridgehead atoms. The molecule has 0 aliphatic heterocycles. The van der Waals surface area contributed by atoms with Crippen molar-refractivity contribution in [3.63, 3.8) is 0 Å². The molecular formula is C9H11IO. The first-order valence-corrected chi connectivity index (χ1v) is 4.59. The first-order valence-electron chi connectivity index (χ1n) is 3.51. The molecule has 0 amide bonds. The average molecular weight is 262 g/mol. The molecule has 60 valence electrons. The monoisotopic (exact) mass is 262 g/mol. The van der Waals surface area contributed by atoms with Gasteiger partial charge in [-0.1, -0.05) is 6.07 Å². The Morgan fingerprint density at radius 3 is 2.45 bits per heavy atom. The van der Waals surface area contributed by atoms with Crippen LogP contribution in [-0.2, 0) is 6.61 Å². The molecule has 0 heterocycles. The lowest BCUT2D eigenvalue weighted by Crippen LogP contribution is -1.93. The van der Waals surface area contributed by atoms with E-state index in [4.69, 9.17) is 5.11 Å². The fourth-order valence-corrected chi connectivity index (χ4v) is 2.23. The predicted octanol–water partition coefficient (Wildman–Crippen LogP) is 2.40. The van der Waals surface area contributed by atoms with Crippen LogP contribution in [0.3, 0.4) is 0 Å². The van der Waals surface area contributed by atoms with Crippen LogP contribution in [0.5, 0.6) is 0 Å². The molecule has 0 spiro atoms. The Labute approximate surface area is 80.6 Å². The lowest BCUT2D eigenvalue weighted by Gasteiger charge is -2.06. The SMILES string of the molecule is Cc1cc(C)c(CO)c(I)c1. The maximum Gasteiger partial charge on any atom is 0.0694 e. The zero-order valence-electron chi connectivity index (χ0n) is 6.69. The number of rotatable bonds is 1. The second kappa shape index (κ2) is 3.54. The zero-order valence-corrected chi connectivity index (χ0v) is 8.84. The molecule has 0 unspecified atom stereocenters. The highest BCUT2D eigenvalue weighted by Crippen LogP contribution is 2.18. The van der Waals surface area contributed by atoms with Crippen molar-refractivity contribution < 1.29 is 5.11 Å². The van der Waals surface area contributed by atoms with Crippen LogP contribution in [0.2, 0.25) is 0 Å². The molecule has 0 fully saturated rings. The lowest BCUT2D eigenvalue weighted by atomic mass is 10.1. The number of benzene rings is 1. The van der Waals surface area contributed by atoms with Gasteiger partial charge in [0, 0.05) is 3.57 Å². The Morgan fingerprint density at radius 2 is 2.00 bits per heavy atom. The van der Waals surface area contributed by atoms with Crippen LogP contribution in [0.1, 0.15) is 16.7 Å². The van der Waals surface area contributed by atoms with Gasteiger partial charge in [0.1, 0.15) is 0 Å². The molecule has 0 atom stereocenters. The fraction of sp³-hybridized carbons (Fsp3) is 0.333. The summed E-state index contributed by atoms with van der Waals surface area (Å²) in [7, 11) is 0. The number of aliphatic hydroxyl groups excluding tert-OH is 1. The van der Waals surface area contributed by atoms with Crippen molar-refractivity contribution >= 4 is 22.6 Å².